The third-order valence-corrected chi connectivity index (χ3v) is 13.3. The summed E-state index contributed by atoms with van der Waals surface area (Å²) in [4.78, 5) is 86.1. The number of aliphatic carboxylic acids is 2. The molecule has 7 rings (SSSR count). The van der Waals surface area contributed by atoms with Gasteiger partial charge >= 0.3 is 23.9 Å². The number of carboxylic acid groups (broad SMARTS) is 2. The number of unbranched alkanes of at least 4 members (excludes halogenated alkanes) is 5. The second-order valence-electron chi connectivity index (χ2n) is 19.2. The van der Waals surface area contributed by atoms with Gasteiger partial charge in [0, 0.05) is 90.7 Å². The molecule has 4 aromatic carbocycles. The summed E-state index contributed by atoms with van der Waals surface area (Å²) in [5.74, 6) is -3.03. The number of urea groups is 1. The van der Waals surface area contributed by atoms with E-state index >= 15 is 0 Å². The van der Waals surface area contributed by atoms with Crippen LogP contribution < -0.4 is 26.0 Å². The Labute approximate surface area is 461 Å². The maximum Gasteiger partial charge on any atom is 0.340 e. The maximum atomic E-state index is 13.4. The minimum absolute atomic E-state index is 0.0205. The highest BCUT2D eigenvalue weighted by molar-refractivity contribution is 6.02. The van der Waals surface area contributed by atoms with Crippen LogP contribution in [0.15, 0.2) is 85.1 Å². The fraction of sp³-hybridized carbons (Fsp3) is 0.421. The van der Waals surface area contributed by atoms with Crippen molar-refractivity contribution in [3.05, 3.63) is 130 Å². The number of ketones is 1. The molecular weight excluding hydrogens is 1040 g/mol. The maximum absolute atomic E-state index is 13.4. The third kappa shape index (κ3) is 16.6. The van der Waals surface area contributed by atoms with Gasteiger partial charge < -0.3 is 65.4 Å². The number of fused-ring (bicyclic) bond motifs is 6. The molecule has 0 aliphatic carbocycles. The predicted octanol–water partition coefficient (Wildman–Crippen LogP) is 6.02. The Bertz CT molecular complexity index is 2910. The first-order chi connectivity index (χ1) is 38.7. The molecule has 1 aromatic heterocycles. The summed E-state index contributed by atoms with van der Waals surface area (Å²) in [6.07, 6.45) is 9.15. The minimum atomic E-state index is -1.43. The molecule has 1 atom stereocenters. The van der Waals surface area contributed by atoms with Crippen LogP contribution in [0, 0.1) is 0 Å². The zero-order valence-electron chi connectivity index (χ0n) is 44.2. The molecule has 80 heavy (non-hydrogen) atoms. The van der Waals surface area contributed by atoms with E-state index < -0.39 is 41.5 Å². The number of phenols is 2. The van der Waals surface area contributed by atoms with E-state index in [9.17, 15) is 48.9 Å². The van der Waals surface area contributed by atoms with Gasteiger partial charge in [-0.3, -0.25) is 23.9 Å². The summed E-state index contributed by atoms with van der Waals surface area (Å²) >= 11 is 0. The molecule has 23 nitrogen and oxygen atoms in total. The van der Waals surface area contributed by atoms with Crippen molar-refractivity contribution in [1.82, 2.24) is 36.3 Å². The number of aryl methyl sites for hydroxylation is 2. The zero-order chi connectivity index (χ0) is 56.9. The summed E-state index contributed by atoms with van der Waals surface area (Å²) in [7, 11) is 0. The van der Waals surface area contributed by atoms with Crippen LogP contribution in [-0.2, 0) is 47.1 Å². The van der Waals surface area contributed by atoms with Crippen molar-refractivity contribution in [1.29, 1.82) is 0 Å². The van der Waals surface area contributed by atoms with E-state index in [0.717, 1.165) is 44.2 Å². The quantitative estimate of drug-likeness (QED) is 0.0133. The zero-order valence-corrected chi connectivity index (χ0v) is 44.2. The first kappa shape index (κ1) is 59.3. The van der Waals surface area contributed by atoms with Crippen molar-refractivity contribution in [2.24, 2.45) is 0 Å². The number of carbonyl (C=O) groups excluding carboxylic acids is 5. The van der Waals surface area contributed by atoms with Crippen molar-refractivity contribution in [3.63, 3.8) is 0 Å². The van der Waals surface area contributed by atoms with Crippen molar-refractivity contribution in [2.45, 2.75) is 95.2 Å². The number of phenolic OH excluding ortho intramolecular Hbond substituents is 2. The van der Waals surface area contributed by atoms with Gasteiger partial charge in [0.05, 0.1) is 50.9 Å². The summed E-state index contributed by atoms with van der Waals surface area (Å²) in [6, 6.07) is 18.6. The van der Waals surface area contributed by atoms with E-state index in [1.807, 2.05) is 6.20 Å². The highest BCUT2D eigenvalue weighted by atomic mass is 16.6. The molecular formula is C57H67N7O16. The number of amides is 4. The summed E-state index contributed by atoms with van der Waals surface area (Å²) in [5.41, 5.74) is 2.31. The van der Waals surface area contributed by atoms with E-state index in [1.54, 1.807) is 53.2 Å². The molecule has 426 valence electrons. The molecule has 1 spiro atoms. The topological polar surface area (TPSA) is 325 Å². The Morgan fingerprint density at radius 3 is 1.85 bits per heavy atom. The molecule has 0 radical (unpaired) electrons. The van der Waals surface area contributed by atoms with Crippen molar-refractivity contribution in [2.75, 3.05) is 59.3 Å². The number of hydrogen-bond donors (Lipinski definition) is 8. The standard InChI is InChI=1S/C57H67N7O16/c65-41-18-21-45-49(34-41)79-50-35-42(66)19-22-46(50)57(45)44-20-17-39(33-43(44)55(74)80-57)53(71)59-25-28-77-30-32-78-31-29-76-27-24-58-52(70)38-15-13-37(14-16-38)48(67)11-5-3-1-2-4-9-40-36-64(63-62-40)26-7-6-10-47(54(72)73)61-56(75)60-23-8-12-51(68)69/h13-22,33-36,47,65-66H,1-12,23-32H2,(H,58,70)(H,59,71)(H,68,69)(H,72,73)(H2,60,61,75)/t47-/m1/s1. The van der Waals surface area contributed by atoms with Crippen molar-refractivity contribution >= 4 is 41.5 Å². The fourth-order valence-corrected chi connectivity index (χ4v) is 9.23. The number of ether oxygens (including phenoxy) is 5. The number of carboxylic acids is 2. The predicted molar refractivity (Wildman–Crippen MR) is 286 cm³/mol. The number of rotatable bonds is 34. The van der Waals surface area contributed by atoms with Gasteiger partial charge in [-0.15, -0.1) is 5.10 Å². The molecule has 3 heterocycles. The van der Waals surface area contributed by atoms with E-state index in [0.29, 0.717) is 73.4 Å². The third-order valence-electron chi connectivity index (χ3n) is 13.3. The van der Waals surface area contributed by atoms with Gasteiger partial charge in [-0.2, -0.15) is 0 Å². The van der Waals surface area contributed by atoms with Crippen LogP contribution in [0.5, 0.6) is 23.0 Å². The minimum Gasteiger partial charge on any atom is -0.508 e. The Morgan fingerprint density at radius 1 is 0.613 bits per heavy atom. The average Bonchev–Trinajstić information content (AvgIpc) is 4.06. The van der Waals surface area contributed by atoms with Gasteiger partial charge in [-0.25, -0.2) is 14.4 Å². The average molecular weight is 1110 g/mol. The number of esters is 1. The number of Topliss-reactive ketones (excluding diaryl/α,β-unsaturated/α-hetero) is 1. The molecule has 8 N–H and O–H groups in total. The highest BCUT2D eigenvalue weighted by Crippen LogP contribution is 2.57. The molecule has 0 saturated carbocycles. The Balaban J connectivity index is 0.669. The first-order valence-corrected chi connectivity index (χ1v) is 26.8. The largest absolute Gasteiger partial charge is 0.508 e. The van der Waals surface area contributed by atoms with E-state index in [1.165, 1.54) is 30.3 Å². The van der Waals surface area contributed by atoms with E-state index in [-0.39, 0.29) is 105 Å². The number of nitrogens with zero attached hydrogens (tertiary/aromatic N) is 3. The van der Waals surface area contributed by atoms with Crippen molar-refractivity contribution < 1.29 is 77.7 Å². The lowest BCUT2D eigenvalue weighted by atomic mass is 9.77. The van der Waals surface area contributed by atoms with E-state index in [2.05, 4.69) is 31.6 Å². The normalized spacial score (nSPS) is 13.0. The molecule has 5 aromatic rings. The number of hydrogen-bond acceptors (Lipinski definition) is 16. The van der Waals surface area contributed by atoms with Crippen LogP contribution in [0.2, 0.25) is 0 Å². The number of aromatic hydroxyl groups is 2. The first-order valence-electron chi connectivity index (χ1n) is 26.8. The van der Waals surface area contributed by atoms with Gasteiger partial charge in [0.25, 0.3) is 11.8 Å². The number of aromatic nitrogens is 3. The van der Waals surface area contributed by atoms with Gasteiger partial charge in [0.1, 0.15) is 29.0 Å². The highest BCUT2D eigenvalue weighted by Gasteiger charge is 2.54. The second kappa shape index (κ2) is 29.5. The van der Waals surface area contributed by atoms with E-state index in [4.69, 9.17) is 28.8 Å². The Hall–Kier alpha value is -8.41. The van der Waals surface area contributed by atoms with Crippen molar-refractivity contribution in [3.8, 4) is 23.0 Å². The van der Waals surface area contributed by atoms with Crippen LogP contribution in [0.4, 0.5) is 4.79 Å². The monoisotopic (exact) mass is 1110 g/mol. The van der Waals surface area contributed by atoms with Gasteiger partial charge in [0.2, 0.25) is 0 Å². The molecule has 4 amide bonds. The fourth-order valence-electron chi connectivity index (χ4n) is 9.23. The molecule has 0 saturated heterocycles. The summed E-state index contributed by atoms with van der Waals surface area (Å²) < 4.78 is 30.5. The molecule has 2 aliphatic heterocycles. The van der Waals surface area contributed by atoms with Gasteiger partial charge in [-0.05, 0) is 93.5 Å². The molecule has 2 aliphatic rings. The molecule has 0 fully saturated rings. The summed E-state index contributed by atoms with van der Waals surface area (Å²) in [5, 5.41) is 57.3. The molecule has 23 heteroatoms. The van der Waals surface area contributed by atoms with Crippen LogP contribution in [-0.4, -0.2) is 142 Å². The van der Waals surface area contributed by atoms with Crippen LogP contribution in [0.3, 0.4) is 0 Å². The SMILES string of the molecule is O=C(O)CCCNC(=O)N[C@H](CCCCn1cc(CCCCCCCC(=O)c2ccc(C(=O)NCCOCCOCCOCCNC(=O)c3ccc4c(c3)C(=O)OC43c4ccc(O)cc4Oc4cc(O)ccc43)cc2)nn1)C(=O)O. The van der Waals surface area contributed by atoms with Gasteiger partial charge in [0.15, 0.2) is 11.4 Å². The number of carbonyl (C=O) groups is 7. The molecule has 0 bridgehead atoms. The second-order valence-corrected chi connectivity index (χ2v) is 19.2. The lowest BCUT2D eigenvalue weighted by molar-refractivity contribution is -0.139. The van der Waals surface area contributed by atoms with Crippen LogP contribution in [0.25, 0.3) is 0 Å². The summed E-state index contributed by atoms with van der Waals surface area (Å²) in [6.45, 7) is 2.85. The van der Waals surface area contributed by atoms with Crippen LogP contribution in [0.1, 0.15) is 134 Å². The van der Waals surface area contributed by atoms with Gasteiger partial charge in [-0.1, -0.05) is 42.7 Å². The Morgan fingerprint density at radius 2 is 1.20 bits per heavy atom. The number of benzene rings is 4. The number of nitrogens with one attached hydrogen (secondary N) is 4. The lowest BCUT2D eigenvalue weighted by Gasteiger charge is -2.36. The Kier molecular flexibility index (Phi) is 21.9. The smallest absolute Gasteiger partial charge is 0.340 e. The molecule has 0 unspecified atom stereocenters. The van der Waals surface area contributed by atoms with Crippen LogP contribution >= 0.6 is 0 Å². The lowest BCUT2D eigenvalue weighted by Crippen LogP contribution is -2.46.